The van der Waals surface area contributed by atoms with E-state index in [4.69, 9.17) is 0 Å². The van der Waals surface area contributed by atoms with E-state index >= 15 is 0 Å². The zero-order chi connectivity index (χ0) is 14.3. The van der Waals surface area contributed by atoms with E-state index in [9.17, 15) is 4.79 Å². The maximum absolute atomic E-state index is 12.1. The summed E-state index contributed by atoms with van der Waals surface area (Å²) in [6.45, 7) is 7.01. The van der Waals surface area contributed by atoms with E-state index in [1.807, 2.05) is 32.2 Å². The molecule has 0 aliphatic heterocycles. The number of carbonyl (C=O) groups excluding carboxylic acids is 1. The van der Waals surface area contributed by atoms with Gasteiger partial charge in [0.1, 0.15) is 0 Å². The van der Waals surface area contributed by atoms with Gasteiger partial charge in [0.15, 0.2) is 0 Å². The van der Waals surface area contributed by atoms with Crippen LogP contribution in [0.2, 0.25) is 0 Å². The summed E-state index contributed by atoms with van der Waals surface area (Å²) in [5.41, 5.74) is 1.18. The average Bonchev–Trinajstić information content (AvgIpc) is 2.38. The van der Waals surface area contributed by atoms with Gasteiger partial charge >= 0.3 is 0 Å². The molecule has 3 heteroatoms. The molecule has 1 rings (SSSR count). The third-order valence-corrected chi connectivity index (χ3v) is 3.18. The summed E-state index contributed by atoms with van der Waals surface area (Å²) in [6.07, 6.45) is 0.960. The largest absolute Gasteiger partial charge is 0.349 e. The van der Waals surface area contributed by atoms with Crippen LogP contribution < -0.4 is 10.6 Å². The van der Waals surface area contributed by atoms with Crippen molar-refractivity contribution in [2.24, 2.45) is 11.8 Å². The predicted octanol–water partition coefficient (Wildman–Crippen LogP) is 2.75. The first-order valence-electron chi connectivity index (χ1n) is 7.04. The van der Waals surface area contributed by atoms with Gasteiger partial charge in [-0.1, -0.05) is 51.1 Å². The Balaban J connectivity index is 2.73. The minimum Gasteiger partial charge on any atom is -0.349 e. The molecule has 0 bridgehead atoms. The van der Waals surface area contributed by atoms with Crippen molar-refractivity contribution in [2.75, 3.05) is 13.6 Å². The van der Waals surface area contributed by atoms with Crippen molar-refractivity contribution in [1.82, 2.24) is 10.6 Å². The summed E-state index contributed by atoms with van der Waals surface area (Å²) in [4.78, 5) is 12.1. The average molecular weight is 262 g/mol. The highest BCUT2D eigenvalue weighted by molar-refractivity contribution is 5.79. The molecule has 2 N–H and O–H groups in total. The second kappa shape index (κ2) is 7.95. The van der Waals surface area contributed by atoms with Gasteiger partial charge in [-0.15, -0.1) is 0 Å². The molecule has 0 saturated carbocycles. The van der Waals surface area contributed by atoms with Crippen molar-refractivity contribution in [3.63, 3.8) is 0 Å². The molecular formula is C16H26N2O. The van der Waals surface area contributed by atoms with Crippen LogP contribution in [0.15, 0.2) is 30.3 Å². The van der Waals surface area contributed by atoms with Crippen LogP contribution in [-0.4, -0.2) is 19.5 Å². The summed E-state index contributed by atoms with van der Waals surface area (Å²) < 4.78 is 0. The minimum absolute atomic E-state index is 0.0108. The van der Waals surface area contributed by atoms with Crippen molar-refractivity contribution in [3.8, 4) is 0 Å². The monoisotopic (exact) mass is 262 g/mol. The summed E-state index contributed by atoms with van der Waals surface area (Å²) >= 11 is 0. The molecule has 3 nitrogen and oxygen atoms in total. The Kier molecular flexibility index (Phi) is 6.57. The summed E-state index contributed by atoms with van der Waals surface area (Å²) in [5, 5.41) is 6.21. The maximum Gasteiger partial charge on any atom is 0.224 e. The topological polar surface area (TPSA) is 41.1 Å². The molecule has 0 spiro atoms. The first kappa shape index (κ1) is 15.7. The summed E-state index contributed by atoms with van der Waals surface area (Å²) in [7, 11) is 1.87. The number of carbonyl (C=O) groups is 1. The number of hydrogen-bond acceptors (Lipinski definition) is 2. The van der Waals surface area contributed by atoms with Gasteiger partial charge in [-0.25, -0.2) is 0 Å². The van der Waals surface area contributed by atoms with Gasteiger partial charge in [0, 0.05) is 12.5 Å². The van der Waals surface area contributed by atoms with Crippen LogP contribution in [0.25, 0.3) is 0 Å². The van der Waals surface area contributed by atoms with E-state index in [1.54, 1.807) is 0 Å². The highest BCUT2D eigenvalue weighted by atomic mass is 16.1. The molecule has 1 aromatic rings. The fourth-order valence-corrected chi connectivity index (χ4v) is 2.15. The van der Waals surface area contributed by atoms with Gasteiger partial charge < -0.3 is 10.6 Å². The second-order valence-electron chi connectivity index (χ2n) is 5.56. The molecule has 0 heterocycles. The molecular weight excluding hydrogens is 236 g/mol. The van der Waals surface area contributed by atoms with Crippen LogP contribution in [0.5, 0.6) is 0 Å². The molecule has 0 fully saturated rings. The lowest BCUT2D eigenvalue weighted by molar-refractivity contribution is -0.125. The van der Waals surface area contributed by atoms with Crippen LogP contribution in [0.3, 0.4) is 0 Å². The molecule has 0 aromatic heterocycles. The van der Waals surface area contributed by atoms with Crippen LogP contribution in [0, 0.1) is 11.8 Å². The van der Waals surface area contributed by atoms with Gasteiger partial charge in [-0.2, -0.15) is 0 Å². The van der Waals surface area contributed by atoms with Gasteiger partial charge in [0.2, 0.25) is 5.91 Å². The van der Waals surface area contributed by atoms with Crippen molar-refractivity contribution in [2.45, 2.75) is 33.2 Å². The molecule has 2 unspecified atom stereocenters. The molecule has 2 atom stereocenters. The Labute approximate surface area is 116 Å². The second-order valence-corrected chi connectivity index (χ2v) is 5.56. The molecule has 19 heavy (non-hydrogen) atoms. The van der Waals surface area contributed by atoms with E-state index < -0.39 is 0 Å². The molecule has 106 valence electrons. The zero-order valence-electron chi connectivity index (χ0n) is 12.4. The molecule has 1 amide bonds. The summed E-state index contributed by atoms with van der Waals surface area (Å²) in [6, 6.07) is 10.3. The normalized spacial score (nSPS) is 14.2. The van der Waals surface area contributed by atoms with E-state index in [1.165, 1.54) is 5.56 Å². The lowest BCUT2D eigenvalue weighted by atomic mass is 9.96. The number of rotatable bonds is 7. The highest BCUT2D eigenvalue weighted by Crippen LogP contribution is 2.21. The maximum atomic E-state index is 12.1. The molecule has 0 aliphatic carbocycles. The standard InChI is InChI=1S/C16H26N2O/c1-12(2)10-15(14-8-6-5-7-9-14)18-16(19)13(3)11-17-4/h5-9,12-13,15,17H,10-11H2,1-4H3,(H,18,19). The molecule has 0 radical (unpaired) electrons. The van der Waals surface area contributed by atoms with Crippen molar-refractivity contribution in [3.05, 3.63) is 35.9 Å². The Hall–Kier alpha value is -1.35. The summed E-state index contributed by atoms with van der Waals surface area (Å²) in [5.74, 6) is 0.650. The van der Waals surface area contributed by atoms with Gasteiger partial charge in [-0.3, -0.25) is 4.79 Å². The Bertz CT molecular complexity index is 376. The number of benzene rings is 1. The lowest BCUT2D eigenvalue weighted by Crippen LogP contribution is -2.37. The van der Waals surface area contributed by atoms with Crippen molar-refractivity contribution >= 4 is 5.91 Å². The predicted molar refractivity (Wildman–Crippen MR) is 79.9 cm³/mol. The van der Waals surface area contributed by atoms with Crippen molar-refractivity contribution < 1.29 is 4.79 Å². The van der Waals surface area contributed by atoms with E-state index in [2.05, 4.69) is 36.6 Å². The van der Waals surface area contributed by atoms with Gasteiger partial charge in [0.25, 0.3) is 0 Å². The fourth-order valence-electron chi connectivity index (χ4n) is 2.15. The Morgan fingerprint density at radius 3 is 2.32 bits per heavy atom. The van der Waals surface area contributed by atoms with E-state index in [-0.39, 0.29) is 17.9 Å². The van der Waals surface area contributed by atoms with Gasteiger partial charge in [-0.05, 0) is 24.9 Å². The molecule has 0 saturated heterocycles. The van der Waals surface area contributed by atoms with Gasteiger partial charge in [0.05, 0.1) is 6.04 Å². The number of hydrogen-bond donors (Lipinski definition) is 2. The van der Waals surface area contributed by atoms with Crippen molar-refractivity contribution in [1.29, 1.82) is 0 Å². The third-order valence-electron chi connectivity index (χ3n) is 3.18. The van der Waals surface area contributed by atoms with Crippen LogP contribution in [-0.2, 0) is 4.79 Å². The first-order chi connectivity index (χ1) is 9.04. The molecule has 0 aliphatic rings. The first-order valence-corrected chi connectivity index (χ1v) is 7.04. The zero-order valence-corrected chi connectivity index (χ0v) is 12.4. The SMILES string of the molecule is CNCC(C)C(=O)NC(CC(C)C)c1ccccc1. The van der Waals surface area contributed by atoms with Crippen LogP contribution in [0.1, 0.15) is 38.8 Å². The van der Waals surface area contributed by atoms with Crippen LogP contribution in [0.4, 0.5) is 0 Å². The Morgan fingerprint density at radius 1 is 1.16 bits per heavy atom. The quantitative estimate of drug-likeness (QED) is 0.793. The number of nitrogens with one attached hydrogen (secondary N) is 2. The minimum atomic E-state index is -0.0108. The smallest absolute Gasteiger partial charge is 0.224 e. The molecule has 1 aromatic carbocycles. The lowest BCUT2D eigenvalue weighted by Gasteiger charge is -2.23. The number of amides is 1. The van der Waals surface area contributed by atoms with E-state index in [0.29, 0.717) is 12.5 Å². The van der Waals surface area contributed by atoms with E-state index in [0.717, 1.165) is 6.42 Å². The highest BCUT2D eigenvalue weighted by Gasteiger charge is 2.19. The Morgan fingerprint density at radius 2 is 1.79 bits per heavy atom. The van der Waals surface area contributed by atoms with Crippen LogP contribution >= 0.6 is 0 Å². The third kappa shape index (κ3) is 5.43. The fraction of sp³-hybridized carbons (Fsp3) is 0.562.